The van der Waals surface area contributed by atoms with Crippen LogP contribution in [0.4, 0.5) is 0 Å². The van der Waals surface area contributed by atoms with E-state index < -0.39 is 0 Å². The third-order valence-corrected chi connectivity index (χ3v) is 3.54. The van der Waals surface area contributed by atoms with Crippen molar-refractivity contribution in [2.24, 2.45) is 0 Å². The molecule has 1 saturated heterocycles. The smallest absolute Gasteiger partial charge is 0.245 e. The summed E-state index contributed by atoms with van der Waals surface area (Å²) in [6.07, 6.45) is 0.823. The number of carbonyl (C=O) groups is 2. The molecule has 0 saturated carbocycles. The fourth-order valence-corrected chi connectivity index (χ4v) is 2.46. The molecular formula is C11H14N2O2S. The lowest BCUT2D eigenvalue weighted by Crippen LogP contribution is -2.57. The predicted octanol–water partition coefficient (Wildman–Crippen LogP) is 0.637. The maximum Gasteiger partial charge on any atom is 0.245 e. The first-order valence-corrected chi connectivity index (χ1v) is 6.15. The normalized spacial score (nSPS) is 21.1. The molecule has 1 aromatic heterocycles. The van der Waals surface area contributed by atoms with Gasteiger partial charge in [0.25, 0.3) is 0 Å². The Hall–Kier alpha value is -1.36. The Bertz CT molecular complexity index is 389. The van der Waals surface area contributed by atoms with E-state index in [0.29, 0.717) is 6.54 Å². The first-order chi connectivity index (χ1) is 7.66. The molecule has 1 aliphatic heterocycles. The number of rotatable bonds is 3. The van der Waals surface area contributed by atoms with E-state index in [1.165, 1.54) is 4.88 Å². The first kappa shape index (κ1) is 11.1. The highest BCUT2D eigenvalue weighted by Gasteiger charge is 2.28. The maximum absolute atomic E-state index is 11.7. The van der Waals surface area contributed by atoms with E-state index in [-0.39, 0.29) is 24.4 Å². The van der Waals surface area contributed by atoms with Gasteiger partial charge in [-0.05, 0) is 24.8 Å². The molecule has 2 rings (SSSR count). The summed E-state index contributed by atoms with van der Waals surface area (Å²) in [5.41, 5.74) is 0. The van der Waals surface area contributed by atoms with Gasteiger partial charge in [0.15, 0.2) is 0 Å². The zero-order chi connectivity index (χ0) is 11.5. The molecular weight excluding hydrogens is 224 g/mol. The van der Waals surface area contributed by atoms with Crippen LogP contribution in [0.5, 0.6) is 0 Å². The Morgan fingerprint density at radius 2 is 2.38 bits per heavy atom. The molecule has 0 radical (unpaired) electrons. The Morgan fingerprint density at radius 3 is 3.06 bits per heavy atom. The lowest BCUT2D eigenvalue weighted by Gasteiger charge is -2.30. The molecule has 5 heteroatoms. The van der Waals surface area contributed by atoms with Crippen LogP contribution < -0.4 is 5.32 Å². The number of amides is 2. The minimum atomic E-state index is -0.385. The number of hydrogen-bond donors (Lipinski definition) is 1. The Kier molecular flexibility index (Phi) is 3.24. The van der Waals surface area contributed by atoms with E-state index in [4.69, 9.17) is 0 Å². The molecule has 1 atom stereocenters. The van der Waals surface area contributed by atoms with Crippen molar-refractivity contribution < 1.29 is 9.59 Å². The molecule has 4 nitrogen and oxygen atoms in total. The molecule has 0 aliphatic carbocycles. The van der Waals surface area contributed by atoms with Crippen molar-refractivity contribution in [3.05, 3.63) is 22.4 Å². The summed E-state index contributed by atoms with van der Waals surface area (Å²) >= 11 is 1.68. The Labute approximate surface area is 98.3 Å². The van der Waals surface area contributed by atoms with Crippen molar-refractivity contribution in [2.45, 2.75) is 19.4 Å². The number of piperazine rings is 1. The fourth-order valence-electron chi connectivity index (χ4n) is 1.76. The molecule has 1 unspecified atom stereocenters. The van der Waals surface area contributed by atoms with Crippen molar-refractivity contribution >= 4 is 23.2 Å². The van der Waals surface area contributed by atoms with Crippen LogP contribution in [0.15, 0.2) is 17.5 Å². The summed E-state index contributed by atoms with van der Waals surface area (Å²) in [4.78, 5) is 25.9. The van der Waals surface area contributed by atoms with Gasteiger partial charge in [-0.25, -0.2) is 0 Å². The monoisotopic (exact) mass is 238 g/mol. The van der Waals surface area contributed by atoms with E-state index in [9.17, 15) is 9.59 Å². The van der Waals surface area contributed by atoms with Crippen molar-refractivity contribution in [3.8, 4) is 0 Å². The van der Waals surface area contributed by atoms with Crippen LogP contribution in [-0.4, -0.2) is 35.8 Å². The van der Waals surface area contributed by atoms with Crippen molar-refractivity contribution in [2.75, 3.05) is 13.1 Å². The second kappa shape index (κ2) is 4.65. The third-order valence-electron chi connectivity index (χ3n) is 2.60. The van der Waals surface area contributed by atoms with Crippen molar-refractivity contribution in [3.63, 3.8) is 0 Å². The van der Waals surface area contributed by atoms with Crippen LogP contribution in [0.1, 0.15) is 11.8 Å². The SMILES string of the molecule is CC1NC(=O)CN(CCc2cccs2)C1=O. The van der Waals surface area contributed by atoms with Gasteiger partial charge in [-0.1, -0.05) is 6.07 Å². The average molecular weight is 238 g/mol. The van der Waals surface area contributed by atoms with Gasteiger partial charge in [-0.3, -0.25) is 9.59 Å². The van der Waals surface area contributed by atoms with Gasteiger partial charge >= 0.3 is 0 Å². The van der Waals surface area contributed by atoms with Gasteiger partial charge in [0.05, 0.1) is 6.54 Å². The van der Waals surface area contributed by atoms with Gasteiger partial charge in [0.1, 0.15) is 6.04 Å². The van der Waals surface area contributed by atoms with E-state index in [0.717, 1.165) is 6.42 Å². The van der Waals surface area contributed by atoms with E-state index in [1.807, 2.05) is 17.5 Å². The second-order valence-electron chi connectivity index (χ2n) is 3.88. The van der Waals surface area contributed by atoms with Crippen molar-refractivity contribution in [1.29, 1.82) is 0 Å². The Balaban J connectivity index is 1.93. The number of nitrogens with one attached hydrogen (secondary N) is 1. The number of nitrogens with zero attached hydrogens (tertiary/aromatic N) is 1. The summed E-state index contributed by atoms with van der Waals surface area (Å²) in [7, 11) is 0. The van der Waals surface area contributed by atoms with E-state index >= 15 is 0 Å². The zero-order valence-electron chi connectivity index (χ0n) is 9.10. The number of carbonyl (C=O) groups excluding carboxylic acids is 2. The van der Waals surface area contributed by atoms with Crippen LogP contribution >= 0.6 is 11.3 Å². The number of thiophene rings is 1. The van der Waals surface area contributed by atoms with Crippen LogP contribution in [0.3, 0.4) is 0 Å². The van der Waals surface area contributed by atoms with Gasteiger partial charge in [0.2, 0.25) is 11.8 Å². The van der Waals surface area contributed by atoms with Gasteiger partial charge in [0, 0.05) is 11.4 Å². The minimum absolute atomic E-state index is 0.0103. The van der Waals surface area contributed by atoms with Crippen LogP contribution in [-0.2, 0) is 16.0 Å². The lowest BCUT2D eigenvalue weighted by atomic mass is 10.2. The molecule has 1 aromatic rings. The molecule has 0 bridgehead atoms. The van der Waals surface area contributed by atoms with Gasteiger partial charge in [-0.15, -0.1) is 11.3 Å². The molecule has 2 heterocycles. The largest absolute Gasteiger partial charge is 0.343 e. The van der Waals surface area contributed by atoms with Crippen molar-refractivity contribution in [1.82, 2.24) is 10.2 Å². The van der Waals surface area contributed by atoms with Gasteiger partial charge in [-0.2, -0.15) is 0 Å². The molecule has 2 amide bonds. The molecule has 0 aromatic carbocycles. The molecule has 86 valence electrons. The summed E-state index contributed by atoms with van der Waals surface area (Å²) in [5, 5.41) is 4.64. The summed E-state index contributed by atoms with van der Waals surface area (Å²) in [5.74, 6) is -0.0607. The molecule has 1 fully saturated rings. The van der Waals surface area contributed by atoms with Crippen LogP contribution in [0, 0.1) is 0 Å². The molecule has 0 spiro atoms. The first-order valence-electron chi connectivity index (χ1n) is 5.27. The minimum Gasteiger partial charge on any atom is -0.343 e. The highest BCUT2D eigenvalue weighted by Crippen LogP contribution is 2.11. The predicted molar refractivity (Wildman–Crippen MR) is 62.2 cm³/mol. The second-order valence-corrected chi connectivity index (χ2v) is 4.91. The summed E-state index contributed by atoms with van der Waals surface area (Å²) in [6, 6.07) is 3.65. The third kappa shape index (κ3) is 2.41. The summed E-state index contributed by atoms with van der Waals surface area (Å²) < 4.78 is 0. The molecule has 1 N–H and O–H groups in total. The van der Waals surface area contributed by atoms with Crippen LogP contribution in [0.25, 0.3) is 0 Å². The molecule has 16 heavy (non-hydrogen) atoms. The number of hydrogen-bond acceptors (Lipinski definition) is 3. The van der Waals surface area contributed by atoms with Gasteiger partial charge < -0.3 is 10.2 Å². The lowest BCUT2D eigenvalue weighted by molar-refractivity contribution is -0.143. The van der Waals surface area contributed by atoms with Crippen LogP contribution in [0.2, 0.25) is 0 Å². The average Bonchev–Trinajstić information content (AvgIpc) is 2.74. The standard InChI is InChI=1S/C11H14N2O2S/c1-8-11(15)13(7-10(14)12-8)5-4-9-3-2-6-16-9/h2-3,6,8H,4-5,7H2,1H3,(H,12,14). The zero-order valence-corrected chi connectivity index (χ0v) is 9.92. The quantitative estimate of drug-likeness (QED) is 0.840. The molecule has 1 aliphatic rings. The van der Waals surface area contributed by atoms with E-state index in [2.05, 4.69) is 5.32 Å². The summed E-state index contributed by atoms with van der Waals surface area (Å²) in [6.45, 7) is 2.53. The topological polar surface area (TPSA) is 49.4 Å². The highest BCUT2D eigenvalue weighted by molar-refractivity contribution is 7.09. The van der Waals surface area contributed by atoms with E-state index in [1.54, 1.807) is 23.2 Å². The fraction of sp³-hybridized carbons (Fsp3) is 0.455. The highest BCUT2D eigenvalue weighted by atomic mass is 32.1. The maximum atomic E-state index is 11.7. The Morgan fingerprint density at radius 1 is 1.56 bits per heavy atom.